The van der Waals surface area contributed by atoms with Gasteiger partial charge in [0.05, 0.1) is 24.3 Å². The summed E-state index contributed by atoms with van der Waals surface area (Å²) in [5.41, 5.74) is 6.94. The van der Waals surface area contributed by atoms with Gasteiger partial charge in [0.2, 0.25) is 5.91 Å². The topological polar surface area (TPSA) is 85.4 Å². The predicted molar refractivity (Wildman–Crippen MR) is 114 cm³/mol. The minimum absolute atomic E-state index is 0.00233. The van der Waals surface area contributed by atoms with Gasteiger partial charge in [0.25, 0.3) is 5.91 Å². The van der Waals surface area contributed by atoms with Crippen LogP contribution in [0, 0.1) is 12.8 Å². The van der Waals surface area contributed by atoms with E-state index in [1.807, 2.05) is 22.1 Å². The van der Waals surface area contributed by atoms with Crippen LogP contribution in [0.1, 0.15) is 69.9 Å². The fraction of sp³-hybridized carbons (Fsp3) is 0.500. The van der Waals surface area contributed by atoms with Gasteiger partial charge in [-0.05, 0) is 43.2 Å². The zero-order valence-electron chi connectivity index (χ0n) is 17.1. The Kier molecular flexibility index (Phi) is 6.90. The number of hydrogen-bond acceptors (Lipinski definition) is 4. The van der Waals surface area contributed by atoms with Crippen LogP contribution in [0.15, 0.2) is 23.6 Å². The summed E-state index contributed by atoms with van der Waals surface area (Å²) in [5, 5.41) is 1.97. The molecule has 7 heteroatoms. The van der Waals surface area contributed by atoms with Gasteiger partial charge in [0, 0.05) is 24.0 Å². The molecule has 0 aliphatic heterocycles. The van der Waals surface area contributed by atoms with Gasteiger partial charge in [-0.2, -0.15) is 0 Å². The van der Waals surface area contributed by atoms with E-state index < -0.39 is 5.91 Å². The van der Waals surface area contributed by atoms with Gasteiger partial charge in [0.15, 0.2) is 5.78 Å². The number of likely N-dealkylation sites (N-methyl/N-ethyl adjacent to an activating group) is 1. The van der Waals surface area contributed by atoms with Crippen LogP contribution in [0.25, 0.3) is 0 Å². The average molecular weight is 416 g/mol. The Balaban J connectivity index is 1.74. The lowest BCUT2D eigenvalue weighted by Crippen LogP contribution is -2.34. The van der Waals surface area contributed by atoms with Gasteiger partial charge >= 0.3 is 0 Å². The number of rotatable bonds is 8. The van der Waals surface area contributed by atoms with Crippen LogP contribution in [0.2, 0.25) is 0 Å². The van der Waals surface area contributed by atoms with E-state index >= 15 is 0 Å². The molecule has 1 saturated carbocycles. The summed E-state index contributed by atoms with van der Waals surface area (Å²) in [6.45, 7) is 2.29. The van der Waals surface area contributed by atoms with Gasteiger partial charge in [-0.15, -0.1) is 11.3 Å². The number of aromatic nitrogens is 1. The van der Waals surface area contributed by atoms with E-state index in [-0.39, 0.29) is 18.2 Å². The molecular weight excluding hydrogens is 386 g/mol. The quantitative estimate of drug-likeness (QED) is 0.668. The summed E-state index contributed by atoms with van der Waals surface area (Å²) in [6.07, 6.45) is 6.32. The molecule has 2 aromatic rings. The van der Waals surface area contributed by atoms with Crippen molar-refractivity contribution in [3.8, 4) is 0 Å². The molecule has 0 radical (unpaired) electrons. The maximum Gasteiger partial charge on any atom is 0.250 e. The van der Waals surface area contributed by atoms with Gasteiger partial charge in [-0.3, -0.25) is 14.4 Å². The molecule has 0 unspecified atom stereocenters. The molecule has 6 nitrogen and oxygen atoms in total. The molecule has 1 fully saturated rings. The molecule has 29 heavy (non-hydrogen) atoms. The second kappa shape index (κ2) is 9.39. The summed E-state index contributed by atoms with van der Waals surface area (Å²) in [6, 6.07) is 5.50. The highest BCUT2D eigenvalue weighted by atomic mass is 32.1. The highest BCUT2D eigenvalue weighted by Gasteiger charge is 2.24. The Hall–Kier alpha value is -2.41. The van der Waals surface area contributed by atoms with Gasteiger partial charge in [-0.1, -0.05) is 25.3 Å². The largest absolute Gasteiger partial charge is 0.366 e. The number of nitrogens with two attached hydrogens (primary N) is 1. The zero-order chi connectivity index (χ0) is 21.0. The monoisotopic (exact) mass is 415 g/mol. The van der Waals surface area contributed by atoms with Crippen LogP contribution in [-0.4, -0.2) is 40.7 Å². The van der Waals surface area contributed by atoms with E-state index in [4.69, 9.17) is 5.73 Å². The zero-order valence-corrected chi connectivity index (χ0v) is 18.0. The summed E-state index contributed by atoms with van der Waals surface area (Å²) in [7, 11) is 1.68. The minimum Gasteiger partial charge on any atom is -0.366 e. The van der Waals surface area contributed by atoms with Crippen molar-refractivity contribution in [1.82, 2.24) is 9.47 Å². The number of primary amides is 1. The number of hydrogen-bond donors (Lipinski definition) is 1. The number of nitrogens with zero attached hydrogens (tertiary/aromatic N) is 2. The Bertz CT molecular complexity index is 880. The predicted octanol–water partition coefficient (Wildman–Crippen LogP) is 3.62. The number of thiophene rings is 1. The molecule has 3 rings (SSSR count). The molecule has 1 aliphatic carbocycles. The lowest BCUT2D eigenvalue weighted by Gasteiger charge is -2.24. The Morgan fingerprint density at radius 3 is 2.59 bits per heavy atom. The van der Waals surface area contributed by atoms with Crippen LogP contribution < -0.4 is 5.73 Å². The smallest absolute Gasteiger partial charge is 0.250 e. The molecule has 0 bridgehead atoms. The summed E-state index contributed by atoms with van der Waals surface area (Å²) >= 11 is 1.59. The maximum atomic E-state index is 13.0. The first-order valence-corrected chi connectivity index (χ1v) is 11.0. The van der Waals surface area contributed by atoms with Crippen molar-refractivity contribution in [2.24, 2.45) is 11.7 Å². The highest BCUT2D eigenvalue weighted by molar-refractivity contribution is 7.09. The van der Waals surface area contributed by atoms with Crippen molar-refractivity contribution >= 4 is 28.9 Å². The molecule has 0 atom stereocenters. The second-order valence-corrected chi connectivity index (χ2v) is 8.97. The first-order chi connectivity index (χ1) is 13.9. The third-order valence-electron chi connectivity index (χ3n) is 5.81. The number of carbonyl (C=O) groups excluding carboxylic acids is 3. The molecule has 2 aromatic heterocycles. The number of ketones is 1. The molecule has 1 aliphatic rings. The fourth-order valence-electron chi connectivity index (χ4n) is 4.07. The third-order valence-corrected chi connectivity index (χ3v) is 6.67. The molecule has 2 amide bonds. The SMILES string of the molecule is Cc1c(C(N)=O)cc(C(=O)CN(C)C(=O)CC2CCCCC2)n1Cc1cccs1. The normalized spacial score (nSPS) is 14.7. The number of amides is 2. The van der Waals surface area contributed by atoms with Crippen LogP contribution in [0.5, 0.6) is 0 Å². The van der Waals surface area contributed by atoms with E-state index in [0.29, 0.717) is 35.8 Å². The first kappa shape index (κ1) is 21.3. The molecule has 0 spiro atoms. The fourth-order valence-corrected chi connectivity index (χ4v) is 4.76. The van der Waals surface area contributed by atoms with E-state index in [9.17, 15) is 14.4 Å². The number of Topliss-reactive ketones (excluding diaryl/α,β-unsaturated/α-hetero) is 1. The Morgan fingerprint density at radius 1 is 1.24 bits per heavy atom. The Labute approximate surface area is 175 Å². The van der Waals surface area contributed by atoms with Crippen molar-refractivity contribution in [2.75, 3.05) is 13.6 Å². The molecular formula is C22H29N3O3S. The van der Waals surface area contributed by atoms with E-state index in [0.717, 1.165) is 17.7 Å². The molecule has 0 saturated heterocycles. The van der Waals surface area contributed by atoms with Gasteiger partial charge in [-0.25, -0.2) is 0 Å². The second-order valence-electron chi connectivity index (χ2n) is 7.94. The molecule has 156 valence electrons. The van der Waals surface area contributed by atoms with Crippen molar-refractivity contribution < 1.29 is 14.4 Å². The van der Waals surface area contributed by atoms with Crippen LogP contribution in [0.3, 0.4) is 0 Å². The van der Waals surface area contributed by atoms with Crippen LogP contribution in [-0.2, 0) is 11.3 Å². The highest BCUT2D eigenvalue weighted by Crippen LogP contribution is 2.27. The van der Waals surface area contributed by atoms with Crippen LogP contribution in [0.4, 0.5) is 0 Å². The molecule has 2 heterocycles. The Morgan fingerprint density at radius 2 is 1.97 bits per heavy atom. The standard InChI is InChI=1S/C22H29N3O3S/c1-15-18(22(23)28)12-19(25(15)13-17-9-6-10-29-17)20(26)14-24(2)21(27)11-16-7-4-3-5-8-16/h6,9-10,12,16H,3-5,7-8,11,13-14H2,1-2H3,(H2,23,28). The maximum absolute atomic E-state index is 13.0. The van der Waals surface area contributed by atoms with Crippen molar-refractivity contribution in [3.63, 3.8) is 0 Å². The van der Waals surface area contributed by atoms with E-state index in [1.54, 1.807) is 31.4 Å². The summed E-state index contributed by atoms with van der Waals surface area (Å²) < 4.78 is 1.83. The van der Waals surface area contributed by atoms with Gasteiger partial charge < -0.3 is 15.2 Å². The molecule has 2 N–H and O–H groups in total. The lowest BCUT2D eigenvalue weighted by molar-refractivity contribution is -0.130. The average Bonchev–Trinajstić information content (AvgIpc) is 3.31. The summed E-state index contributed by atoms with van der Waals surface area (Å²) in [4.78, 5) is 40.0. The van der Waals surface area contributed by atoms with Crippen molar-refractivity contribution in [1.29, 1.82) is 0 Å². The van der Waals surface area contributed by atoms with Crippen LogP contribution >= 0.6 is 11.3 Å². The van der Waals surface area contributed by atoms with Gasteiger partial charge in [0.1, 0.15) is 0 Å². The van der Waals surface area contributed by atoms with E-state index in [1.165, 1.54) is 24.2 Å². The third kappa shape index (κ3) is 5.15. The summed E-state index contributed by atoms with van der Waals surface area (Å²) in [5.74, 6) is -0.298. The minimum atomic E-state index is -0.553. The number of carbonyl (C=O) groups is 3. The van der Waals surface area contributed by atoms with Crippen molar-refractivity contribution in [3.05, 3.63) is 45.4 Å². The first-order valence-electron chi connectivity index (χ1n) is 10.2. The van der Waals surface area contributed by atoms with E-state index in [2.05, 4.69) is 0 Å². The molecule has 0 aromatic carbocycles. The lowest BCUT2D eigenvalue weighted by atomic mass is 9.87. The van der Waals surface area contributed by atoms with Crippen molar-refractivity contribution in [2.45, 2.75) is 52.0 Å².